The minimum atomic E-state index is -3.91. The molecule has 2 N–H and O–H groups in total. The molecular formula is C20H15N3O3S. The molecule has 27 heavy (non-hydrogen) atoms. The fraction of sp³-hybridized carbons (Fsp3) is 0. The van der Waals surface area contributed by atoms with Crippen molar-refractivity contribution in [1.29, 1.82) is 5.26 Å². The zero-order valence-electron chi connectivity index (χ0n) is 14.1. The molecular weight excluding hydrogens is 362 g/mol. The summed E-state index contributed by atoms with van der Waals surface area (Å²) in [5.41, 5.74) is 1.32. The second kappa shape index (κ2) is 7.72. The quantitative estimate of drug-likeness (QED) is 0.709. The van der Waals surface area contributed by atoms with E-state index in [1.165, 1.54) is 36.4 Å². The number of rotatable bonds is 5. The van der Waals surface area contributed by atoms with Crippen LogP contribution in [-0.2, 0) is 10.0 Å². The largest absolute Gasteiger partial charge is 0.322 e. The van der Waals surface area contributed by atoms with Crippen molar-refractivity contribution in [3.05, 3.63) is 90.0 Å². The molecule has 3 aromatic rings. The minimum absolute atomic E-state index is 0.000212. The van der Waals surface area contributed by atoms with Gasteiger partial charge in [0.15, 0.2) is 0 Å². The van der Waals surface area contributed by atoms with E-state index in [4.69, 9.17) is 5.26 Å². The van der Waals surface area contributed by atoms with Gasteiger partial charge in [0.2, 0.25) is 0 Å². The van der Waals surface area contributed by atoms with Crippen LogP contribution in [0.15, 0.2) is 83.8 Å². The Hall–Kier alpha value is -3.63. The molecule has 0 saturated carbocycles. The molecule has 6 nitrogen and oxygen atoms in total. The lowest BCUT2D eigenvalue weighted by atomic mass is 10.1. The third kappa shape index (κ3) is 4.32. The molecule has 7 heteroatoms. The average molecular weight is 377 g/mol. The van der Waals surface area contributed by atoms with Crippen LogP contribution in [-0.4, -0.2) is 14.3 Å². The molecule has 3 aromatic carbocycles. The first-order valence-electron chi connectivity index (χ1n) is 7.98. The van der Waals surface area contributed by atoms with Crippen molar-refractivity contribution in [2.45, 2.75) is 4.90 Å². The molecule has 134 valence electrons. The number of nitriles is 1. The van der Waals surface area contributed by atoms with Crippen LogP contribution in [0.25, 0.3) is 0 Å². The number of hydrogen-bond acceptors (Lipinski definition) is 4. The van der Waals surface area contributed by atoms with Gasteiger partial charge in [-0.25, -0.2) is 8.42 Å². The van der Waals surface area contributed by atoms with Gasteiger partial charge in [0.25, 0.3) is 15.9 Å². The number of nitrogens with one attached hydrogen (secondary N) is 2. The van der Waals surface area contributed by atoms with Gasteiger partial charge in [-0.05, 0) is 48.5 Å². The van der Waals surface area contributed by atoms with Gasteiger partial charge in [0.1, 0.15) is 0 Å². The third-order valence-electron chi connectivity index (χ3n) is 3.74. The normalized spacial score (nSPS) is 10.6. The average Bonchev–Trinajstić information content (AvgIpc) is 2.69. The zero-order valence-corrected chi connectivity index (χ0v) is 14.9. The maximum Gasteiger partial charge on any atom is 0.261 e. The zero-order chi connectivity index (χ0) is 19.3. The van der Waals surface area contributed by atoms with Gasteiger partial charge in [-0.15, -0.1) is 0 Å². The summed E-state index contributed by atoms with van der Waals surface area (Å²) < 4.78 is 27.7. The predicted octanol–water partition coefficient (Wildman–Crippen LogP) is 3.61. The number of hydrogen-bond donors (Lipinski definition) is 2. The molecule has 3 rings (SSSR count). The molecule has 0 fully saturated rings. The molecule has 0 aliphatic rings. The van der Waals surface area contributed by atoms with E-state index in [0.717, 1.165) is 0 Å². The van der Waals surface area contributed by atoms with Gasteiger partial charge in [-0.3, -0.25) is 9.52 Å². The molecule has 0 bridgehead atoms. The van der Waals surface area contributed by atoms with Crippen molar-refractivity contribution in [2.24, 2.45) is 0 Å². The van der Waals surface area contributed by atoms with Crippen molar-refractivity contribution in [1.82, 2.24) is 0 Å². The molecule has 0 saturated heterocycles. The Kier molecular flexibility index (Phi) is 5.20. The number of nitrogens with zero attached hydrogens (tertiary/aromatic N) is 1. The molecule has 0 aliphatic heterocycles. The number of amides is 1. The standard InChI is InChI=1S/C20H15N3O3S/c21-14-15-10-12-17(13-11-15)27(25,26)23-19-9-5-4-8-18(19)20(24)22-16-6-2-1-3-7-16/h1-13,23H,(H,22,24). The number of anilines is 2. The number of sulfonamides is 1. The van der Waals surface area contributed by atoms with E-state index in [2.05, 4.69) is 10.0 Å². The van der Waals surface area contributed by atoms with E-state index in [1.807, 2.05) is 12.1 Å². The molecule has 0 aromatic heterocycles. The predicted molar refractivity (Wildman–Crippen MR) is 103 cm³/mol. The third-order valence-corrected chi connectivity index (χ3v) is 5.12. The second-order valence-electron chi connectivity index (χ2n) is 5.61. The van der Waals surface area contributed by atoms with Gasteiger partial charge in [-0.1, -0.05) is 30.3 Å². The highest BCUT2D eigenvalue weighted by Crippen LogP contribution is 2.21. The molecule has 1 amide bonds. The van der Waals surface area contributed by atoms with Gasteiger partial charge in [-0.2, -0.15) is 5.26 Å². The summed E-state index contributed by atoms with van der Waals surface area (Å²) in [6.45, 7) is 0. The first kappa shape index (κ1) is 18.2. The van der Waals surface area contributed by atoms with Gasteiger partial charge < -0.3 is 5.32 Å². The van der Waals surface area contributed by atoms with Gasteiger partial charge in [0, 0.05) is 5.69 Å². The van der Waals surface area contributed by atoms with Crippen LogP contribution in [0, 0.1) is 11.3 Å². The molecule has 0 atom stereocenters. The number of carbonyl (C=O) groups is 1. The van der Waals surface area contributed by atoms with Crippen LogP contribution in [0.4, 0.5) is 11.4 Å². The summed E-state index contributed by atoms with van der Waals surface area (Å²) in [7, 11) is -3.91. The summed E-state index contributed by atoms with van der Waals surface area (Å²) in [5.74, 6) is -0.431. The highest BCUT2D eigenvalue weighted by Gasteiger charge is 2.18. The molecule has 0 unspecified atom stereocenters. The highest BCUT2D eigenvalue weighted by molar-refractivity contribution is 7.92. The van der Waals surface area contributed by atoms with Crippen LogP contribution in [0.3, 0.4) is 0 Å². The number of carbonyl (C=O) groups excluding carboxylic acids is 1. The Morgan fingerprint density at radius 2 is 1.48 bits per heavy atom. The van der Waals surface area contributed by atoms with Crippen molar-refractivity contribution >= 4 is 27.3 Å². The van der Waals surface area contributed by atoms with E-state index in [-0.39, 0.29) is 16.1 Å². The van der Waals surface area contributed by atoms with Crippen LogP contribution in [0.5, 0.6) is 0 Å². The second-order valence-corrected chi connectivity index (χ2v) is 7.29. The topological polar surface area (TPSA) is 99.1 Å². The van der Waals surface area contributed by atoms with Crippen LogP contribution >= 0.6 is 0 Å². The minimum Gasteiger partial charge on any atom is -0.322 e. The van der Waals surface area contributed by atoms with Gasteiger partial charge in [0.05, 0.1) is 27.8 Å². The Labute approximate surface area is 157 Å². The lowest BCUT2D eigenvalue weighted by Crippen LogP contribution is -2.18. The van der Waals surface area contributed by atoms with Crippen LogP contribution in [0.2, 0.25) is 0 Å². The summed E-state index contributed by atoms with van der Waals surface area (Å²) >= 11 is 0. The Bertz CT molecular complexity index is 1100. The fourth-order valence-electron chi connectivity index (χ4n) is 2.40. The maximum atomic E-state index is 12.6. The highest BCUT2D eigenvalue weighted by atomic mass is 32.2. The van der Waals surface area contributed by atoms with Crippen molar-refractivity contribution < 1.29 is 13.2 Å². The SMILES string of the molecule is N#Cc1ccc(S(=O)(=O)Nc2ccccc2C(=O)Nc2ccccc2)cc1. The number of benzene rings is 3. The van der Waals surface area contributed by atoms with E-state index >= 15 is 0 Å². The van der Waals surface area contributed by atoms with Crippen molar-refractivity contribution in [3.63, 3.8) is 0 Å². The lowest BCUT2D eigenvalue weighted by Gasteiger charge is -2.13. The van der Waals surface area contributed by atoms with Crippen molar-refractivity contribution in [2.75, 3.05) is 10.0 Å². The van der Waals surface area contributed by atoms with Crippen LogP contribution < -0.4 is 10.0 Å². The van der Waals surface area contributed by atoms with E-state index in [1.54, 1.807) is 36.4 Å². The smallest absolute Gasteiger partial charge is 0.261 e. The summed E-state index contributed by atoms with van der Waals surface area (Å²) in [6, 6.07) is 22.7. The summed E-state index contributed by atoms with van der Waals surface area (Å²) in [4.78, 5) is 12.6. The Morgan fingerprint density at radius 3 is 2.15 bits per heavy atom. The first-order valence-corrected chi connectivity index (χ1v) is 9.46. The molecule has 0 spiro atoms. The molecule has 0 radical (unpaired) electrons. The summed E-state index contributed by atoms with van der Waals surface area (Å²) in [5, 5.41) is 11.6. The number of para-hydroxylation sites is 2. The maximum absolute atomic E-state index is 12.6. The monoisotopic (exact) mass is 377 g/mol. The molecule has 0 heterocycles. The fourth-order valence-corrected chi connectivity index (χ4v) is 3.48. The first-order chi connectivity index (χ1) is 13.0. The Morgan fingerprint density at radius 1 is 0.852 bits per heavy atom. The van der Waals surface area contributed by atoms with E-state index in [0.29, 0.717) is 11.3 Å². The molecule has 0 aliphatic carbocycles. The van der Waals surface area contributed by atoms with Gasteiger partial charge >= 0.3 is 0 Å². The lowest BCUT2D eigenvalue weighted by molar-refractivity contribution is 0.102. The van der Waals surface area contributed by atoms with E-state index in [9.17, 15) is 13.2 Å². The van der Waals surface area contributed by atoms with Crippen molar-refractivity contribution in [3.8, 4) is 6.07 Å². The van der Waals surface area contributed by atoms with Crippen LogP contribution in [0.1, 0.15) is 15.9 Å². The van der Waals surface area contributed by atoms with E-state index < -0.39 is 15.9 Å². The Balaban J connectivity index is 1.87. The summed E-state index contributed by atoms with van der Waals surface area (Å²) in [6.07, 6.45) is 0.